The SMILES string of the molecule is C=C(C)C(c1ccccc1)n1cnc(NC(=O)[C@@H](COCc2ccccc2)NC(=O)C(C)(C)NC(=O)OC(C)(C)C)c1. The van der Waals surface area contributed by atoms with E-state index in [1.807, 2.05) is 72.2 Å². The molecule has 3 amide bonds. The highest BCUT2D eigenvalue weighted by molar-refractivity contribution is 5.98. The molecule has 0 aliphatic rings. The minimum atomic E-state index is -1.38. The molecule has 0 spiro atoms. The van der Waals surface area contributed by atoms with Crippen LogP contribution in [0.25, 0.3) is 0 Å². The fourth-order valence-electron chi connectivity index (χ4n) is 4.11. The summed E-state index contributed by atoms with van der Waals surface area (Å²) < 4.78 is 13.0. The van der Waals surface area contributed by atoms with Gasteiger partial charge in [0.05, 0.1) is 25.6 Å². The monoisotopic (exact) mass is 575 g/mol. The van der Waals surface area contributed by atoms with Crippen LogP contribution in [0, 0.1) is 0 Å². The van der Waals surface area contributed by atoms with Crippen molar-refractivity contribution in [3.63, 3.8) is 0 Å². The quantitative estimate of drug-likeness (QED) is 0.262. The van der Waals surface area contributed by atoms with Crippen molar-refractivity contribution in [1.29, 1.82) is 0 Å². The molecule has 1 heterocycles. The Kier molecular flexibility index (Phi) is 10.7. The highest BCUT2D eigenvalue weighted by atomic mass is 16.6. The third-order valence-corrected chi connectivity index (χ3v) is 6.13. The van der Waals surface area contributed by atoms with Crippen LogP contribution in [0.4, 0.5) is 10.6 Å². The Bertz CT molecular complexity index is 1360. The number of allylic oxidation sites excluding steroid dienone is 1. The normalized spacial score (nSPS) is 13.0. The molecular weight excluding hydrogens is 534 g/mol. The Morgan fingerprint density at radius 1 is 0.976 bits per heavy atom. The number of hydrogen-bond acceptors (Lipinski definition) is 6. The van der Waals surface area contributed by atoms with E-state index in [9.17, 15) is 14.4 Å². The lowest BCUT2D eigenvalue weighted by atomic mass is 10.0. The number of imidazole rings is 1. The Morgan fingerprint density at radius 2 is 1.60 bits per heavy atom. The van der Waals surface area contributed by atoms with Crippen LogP contribution in [-0.2, 0) is 25.7 Å². The summed E-state index contributed by atoms with van der Waals surface area (Å²) in [6, 6.07) is 18.1. The van der Waals surface area contributed by atoms with Gasteiger partial charge in [0.2, 0.25) is 5.91 Å². The van der Waals surface area contributed by atoms with Gasteiger partial charge in [-0.1, -0.05) is 72.8 Å². The van der Waals surface area contributed by atoms with Gasteiger partial charge in [0, 0.05) is 6.20 Å². The molecule has 0 radical (unpaired) electrons. The van der Waals surface area contributed by atoms with Crippen LogP contribution < -0.4 is 16.0 Å². The molecule has 0 saturated carbocycles. The number of anilines is 1. The number of amides is 3. The number of ether oxygens (including phenoxy) is 2. The minimum absolute atomic E-state index is 0.117. The molecule has 224 valence electrons. The molecule has 1 aromatic heterocycles. The molecule has 0 fully saturated rings. The molecule has 42 heavy (non-hydrogen) atoms. The molecule has 0 saturated heterocycles. The summed E-state index contributed by atoms with van der Waals surface area (Å²) in [6.45, 7) is 14.4. The van der Waals surface area contributed by atoms with E-state index in [0.717, 1.165) is 16.7 Å². The average molecular weight is 576 g/mol. The van der Waals surface area contributed by atoms with Crippen LogP contribution in [-0.4, -0.2) is 51.2 Å². The lowest BCUT2D eigenvalue weighted by molar-refractivity contribution is -0.131. The van der Waals surface area contributed by atoms with Gasteiger partial charge < -0.3 is 30.0 Å². The number of carbonyl (C=O) groups is 3. The van der Waals surface area contributed by atoms with Crippen molar-refractivity contribution in [2.45, 2.75) is 71.4 Å². The summed E-state index contributed by atoms with van der Waals surface area (Å²) in [6.07, 6.45) is 2.58. The molecule has 0 bridgehead atoms. The van der Waals surface area contributed by atoms with Crippen molar-refractivity contribution < 1.29 is 23.9 Å². The van der Waals surface area contributed by atoms with Gasteiger partial charge >= 0.3 is 6.09 Å². The van der Waals surface area contributed by atoms with E-state index in [1.165, 1.54) is 13.8 Å². The first-order valence-corrected chi connectivity index (χ1v) is 13.7. The average Bonchev–Trinajstić information content (AvgIpc) is 3.35. The Morgan fingerprint density at radius 3 is 2.19 bits per heavy atom. The lowest BCUT2D eigenvalue weighted by Crippen LogP contribution is -2.59. The van der Waals surface area contributed by atoms with Gasteiger partial charge in [-0.2, -0.15) is 0 Å². The first-order chi connectivity index (χ1) is 19.7. The maximum absolute atomic E-state index is 13.4. The molecule has 0 aliphatic heterocycles. The number of nitrogens with one attached hydrogen (secondary N) is 3. The molecule has 10 nitrogen and oxygen atoms in total. The van der Waals surface area contributed by atoms with Crippen LogP contribution in [0.3, 0.4) is 0 Å². The maximum Gasteiger partial charge on any atom is 0.408 e. The highest BCUT2D eigenvalue weighted by Gasteiger charge is 2.34. The molecule has 3 N–H and O–H groups in total. The zero-order valence-corrected chi connectivity index (χ0v) is 25.1. The Balaban J connectivity index is 1.74. The molecular formula is C32H41N5O5. The first kappa shape index (κ1) is 32.1. The molecule has 3 rings (SSSR count). The number of carbonyl (C=O) groups excluding carboxylic acids is 3. The van der Waals surface area contributed by atoms with Gasteiger partial charge in [0.1, 0.15) is 17.2 Å². The molecule has 10 heteroatoms. The molecule has 2 atom stereocenters. The summed E-state index contributed by atoms with van der Waals surface area (Å²) in [5.74, 6) is -0.814. The van der Waals surface area contributed by atoms with Crippen LogP contribution in [0.2, 0.25) is 0 Å². The summed E-state index contributed by atoms with van der Waals surface area (Å²) in [4.78, 5) is 43.4. The Labute approximate surface area is 247 Å². The van der Waals surface area contributed by atoms with E-state index >= 15 is 0 Å². The fraction of sp³-hybridized carbons (Fsp3) is 0.375. The van der Waals surface area contributed by atoms with Gasteiger partial charge in [0.25, 0.3) is 5.91 Å². The summed E-state index contributed by atoms with van der Waals surface area (Å²) in [5, 5.41) is 8.05. The molecule has 2 aromatic carbocycles. The largest absolute Gasteiger partial charge is 0.444 e. The zero-order chi connectivity index (χ0) is 30.9. The van der Waals surface area contributed by atoms with E-state index in [-0.39, 0.29) is 19.3 Å². The van der Waals surface area contributed by atoms with Crippen LogP contribution in [0.1, 0.15) is 58.7 Å². The van der Waals surface area contributed by atoms with Crippen molar-refractivity contribution in [2.75, 3.05) is 11.9 Å². The Hall–Kier alpha value is -4.44. The standard InChI is InChI=1S/C32H41N5O5/c1-22(2)27(24-16-12-9-13-17-24)37-18-26(33-21-37)35-28(38)25(20-41-19-23-14-10-8-11-15-23)34-29(39)32(6,7)36-30(40)42-31(3,4)5/h8-18,21,25,27H,1,19-20H2,2-7H3,(H,34,39)(H,35,38)(H,36,40)/t25-,27?/m1/s1. The van der Waals surface area contributed by atoms with E-state index in [2.05, 4.69) is 27.5 Å². The number of nitrogens with zero attached hydrogens (tertiary/aromatic N) is 2. The van der Waals surface area contributed by atoms with Crippen LogP contribution in [0.5, 0.6) is 0 Å². The van der Waals surface area contributed by atoms with Crippen molar-refractivity contribution >= 4 is 23.7 Å². The van der Waals surface area contributed by atoms with Crippen molar-refractivity contribution in [3.8, 4) is 0 Å². The predicted octanol–water partition coefficient (Wildman–Crippen LogP) is 4.99. The summed E-state index contributed by atoms with van der Waals surface area (Å²) >= 11 is 0. The van der Waals surface area contributed by atoms with Gasteiger partial charge in [-0.25, -0.2) is 9.78 Å². The first-order valence-electron chi connectivity index (χ1n) is 13.7. The van der Waals surface area contributed by atoms with E-state index in [0.29, 0.717) is 5.82 Å². The number of aromatic nitrogens is 2. The maximum atomic E-state index is 13.4. The van der Waals surface area contributed by atoms with Crippen LogP contribution in [0.15, 0.2) is 85.3 Å². The highest BCUT2D eigenvalue weighted by Crippen LogP contribution is 2.26. The number of benzene rings is 2. The topological polar surface area (TPSA) is 124 Å². The van der Waals surface area contributed by atoms with Gasteiger partial charge in [-0.3, -0.25) is 9.59 Å². The molecule has 3 aromatic rings. The smallest absolute Gasteiger partial charge is 0.408 e. The number of alkyl carbamates (subject to hydrolysis) is 1. The van der Waals surface area contributed by atoms with E-state index in [1.54, 1.807) is 33.3 Å². The minimum Gasteiger partial charge on any atom is -0.444 e. The predicted molar refractivity (Wildman–Crippen MR) is 162 cm³/mol. The summed E-state index contributed by atoms with van der Waals surface area (Å²) in [5.41, 5.74) is 0.722. The number of rotatable bonds is 12. The molecule has 1 unspecified atom stereocenters. The second-order valence-corrected chi connectivity index (χ2v) is 11.6. The van der Waals surface area contributed by atoms with Gasteiger partial charge in [0.15, 0.2) is 5.82 Å². The molecule has 0 aliphatic carbocycles. The fourth-order valence-corrected chi connectivity index (χ4v) is 4.11. The van der Waals surface area contributed by atoms with Crippen molar-refractivity contribution in [2.24, 2.45) is 0 Å². The third-order valence-electron chi connectivity index (χ3n) is 6.13. The van der Waals surface area contributed by atoms with E-state index in [4.69, 9.17) is 9.47 Å². The lowest BCUT2D eigenvalue weighted by Gasteiger charge is -2.29. The van der Waals surface area contributed by atoms with Gasteiger partial charge in [-0.15, -0.1) is 0 Å². The second kappa shape index (κ2) is 14.0. The van der Waals surface area contributed by atoms with Crippen molar-refractivity contribution in [1.82, 2.24) is 20.2 Å². The summed E-state index contributed by atoms with van der Waals surface area (Å²) in [7, 11) is 0. The van der Waals surface area contributed by atoms with Gasteiger partial charge in [-0.05, 0) is 52.7 Å². The van der Waals surface area contributed by atoms with Crippen LogP contribution >= 0.6 is 0 Å². The second-order valence-electron chi connectivity index (χ2n) is 11.6. The van der Waals surface area contributed by atoms with Crippen molar-refractivity contribution in [3.05, 3.63) is 96.5 Å². The number of hydrogen-bond donors (Lipinski definition) is 3. The zero-order valence-electron chi connectivity index (χ0n) is 25.1. The third kappa shape index (κ3) is 9.59. The van der Waals surface area contributed by atoms with E-state index < -0.39 is 35.1 Å².